The van der Waals surface area contributed by atoms with Gasteiger partial charge in [0, 0.05) is 86.9 Å². The largest absolute Gasteiger partial charge is 0.481 e. The fourth-order valence-electron chi connectivity index (χ4n) is 5.39. The lowest BCUT2D eigenvalue weighted by molar-refractivity contribution is -0.127. The van der Waals surface area contributed by atoms with Gasteiger partial charge in [-0.2, -0.15) is 0 Å². The number of hydrogen-bond acceptors (Lipinski definition) is 6. The van der Waals surface area contributed by atoms with Crippen molar-refractivity contribution in [3.8, 4) is 22.8 Å². The number of nitrogens with zero attached hydrogens (tertiary/aromatic N) is 3. The van der Waals surface area contributed by atoms with Gasteiger partial charge in [0.1, 0.15) is 0 Å². The smallest absolute Gasteiger partial charge is 0.222 e. The second kappa shape index (κ2) is 12.8. The number of aromatic nitrogens is 2. The SMILES string of the molecule is COc1nc(-c2ccc(-n3ccc(C)c3CNCCN3CCCC3=O)cc2Cl)ccc1CNC[C@@H]1CCC(=O)N1. The molecule has 2 fully saturated rings. The van der Waals surface area contributed by atoms with Crippen molar-refractivity contribution in [1.29, 1.82) is 0 Å². The van der Waals surface area contributed by atoms with Gasteiger partial charge in [-0.25, -0.2) is 4.98 Å². The first-order chi connectivity index (χ1) is 19.4. The van der Waals surface area contributed by atoms with E-state index in [-0.39, 0.29) is 17.9 Å². The van der Waals surface area contributed by atoms with Gasteiger partial charge in [0.2, 0.25) is 17.7 Å². The van der Waals surface area contributed by atoms with Gasteiger partial charge in [0.15, 0.2) is 0 Å². The van der Waals surface area contributed by atoms with E-state index < -0.39 is 0 Å². The van der Waals surface area contributed by atoms with Crippen LogP contribution < -0.4 is 20.7 Å². The van der Waals surface area contributed by atoms with Crippen molar-refractivity contribution in [2.24, 2.45) is 0 Å². The standard InChI is InChI=1S/C30H37ClN6O3/c1-20-11-14-37(27(20)19-32-12-15-36-13-3-4-29(36)39)23-7-8-24(25(31)16-23)26-9-5-21(30(35-26)40-2)17-33-18-22-6-10-28(38)34-22/h5,7-9,11,14,16,22,32-33H,3-4,6,10,12-13,15,17-19H2,1-2H3,(H,34,38)/t22-/m0/s1. The van der Waals surface area contributed by atoms with Crippen LogP contribution in [0.1, 0.15) is 42.5 Å². The van der Waals surface area contributed by atoms with Crippen LogP contribution in [0.25, 0.3) is 16.9 Å². The minimum absolute atomic E-state index is 0.116. The molecule has 212 valence electrons. The molecular formula is C30H37ClN6O3. The highest BCUT2D eigenvalue weighted by Gasteiger charge is 2.21. The van der Waals surface area contributed by atoms with E-state index in [1.54, 1.807) is 7.11 Å². The predicted octanol–water partition coefficient (Wildman–Crippen LogP) is 3.59. The summed E-state index contributed by atoms with van der Waals surface area (Å²) in [5, 5.41) is 10.5. The van der Waals surface area contributed by atoms with Crippen molar-refractivity contribution in [1.82, 2.24) is 30.4 Å². The van der Waals surface area contributed by atoms with Gasteiger partial charge >= 0.3 is 0 Å². The van der Waals surface area contributed by atoms with Crippen molar-refractivity contribution in [3.05, 3.63) is 64.4 Å². The molecular weight excluding hydrogens is 528 g/mol. The Bertz CT molecular complexity index is 1370. The molecule has 2 aliphatic heterocycles. The highest BCUT2D eigenvalue weighted by atomic mass is 35.5. The zero-order valence-electron chi connectivity index (χ0n) is 23.1. The number of hydrogen-bond donors (Lipinski definition) is 3. The van der Waals surface area contributed by atoms with E-state index in [0.29, 0.717) is 43.4 Å². The summed E-state index contributed by atoms with van der Waals surface area (Å²) in [5.74, 6) is 0.917. The number of halogens is 1. The lowest BCUT2D eigenvalue weighted by atomic mass is 10.1. The maximum atomic E-state index is 11.9. The number of benzene rings is 1. The van der Waals surface area contributed by atoms with Crippen LogP contribution in [0.5, 0.6) is 5.88 Å². The van der Waals surface area contributed by atoms with Crippen LogP contribution >= 0.6 is 11.6 Å². The van der Waals surface area contributed by atoms with Crippen LogP contribution in [0.15, 0.2) is 42.6 Å². The molecule has 0 aliphatic carbocycles. The molecule has 1 aromatic carbocycles. The third-order valence-corrected chi connectivity index (χ3v) is 7.99. The lowest BCUT2D eigenvalue weighted by Crippen LogP contribution is -2.35. The summed E-state index contributed by atoms with van der Waals surface area (Å²) in [5.41, 5.74) is 5.83. The molecule has 3 N–H and O–H groups in total. The summed E-state index contributed by atoms with van der Waals surface area (Å²) in [6.07, 6.45) is 5.14. The quantitative estimate of drug-likeness (QED) is 0.291. The average Bonchev–Trinajstić information content (AvgIpc) is 3.66. The molecule has 0 saturated carbocycles. The van der Waals surface area contributed by atoms with Crippen LogP contribution in [-0.4, -0.2) is 65.6 Å². The molecule has 0 spiro atoms. The minimum atomic E-state index is 0.116. The number of pyridine rings is 1. The number of likely N-dealkylation sites (tertiary alicyclic amines) is 1. The maximum Gasteiger partial charge on any atom is 0.222 e. The van der Waals surface area contributed by atoms with E-state index in [0.717, 1.165) is 60.7 Å². The van der Waals surface area contributed by atoms with Crippen LogP contribution in [0, 0.1) is 6.92 Å². The minimum Gasteiger partial charge on any atom is -0.481 e. The second-order valence-corrected chi connectivity index (χ2v) is 10.8. The molecule has 4 heterocycles. The lowest BCUT2D eigenvalue weighted by Gasteiger charge is -2.17. The molecule has 2 aliphatic rings. The number of ether oxygens (including phenoxy) is 1. The summed E-state index contributed by atoms with van der Waals surface area (Å²) < 4.78 is 7.73. The van der Waals surface area contributed by atoms with E-state index in [2.05, 4.69) is 39.7 Å². The Morgan fingerprint density at radius 1 is 1.12 bits per heavy atom. The van der Waals surface area contributed by atoms with Crippen molar-refractivity contribution >= 4 is 23.4 Å². The summed E-state index contributed by atoms with van der Waals surface area (Å²) in [6.45, 7) is 6.45. The summed E-state index contributed by atoms with van der Waals surface area (Å²) >= 11 is 6.80. The Morgan fingerprint density at radius 3 is 2.73 bits per heavy atom. The van der Waals surface area contributed by atoms with Crippen LogP contribution in [-0.2, 0) is 22.7 Å². The van der Waals surface area contributed by atoms with Gasteiger partial charge in [-0.05, 0) is 55.7 Å². The molecule has 10 heteroatoms. The Labute approximate surface area is 240 Å². The van der Waals surface area contributed by atoms with Crippen molar-refractivity contribution in [3.63, 3.8) is 0 Å². The number of carbonyl (C=O) groups is 2. The zero-order valence-corrected chi connectivity index (χ0v) is 23.9. The van der Waals surface area contributed by atoms with Gasteiger partial charge in [0.25, 0.3) is 0 Å². The normalized spacial score (nSPS) is 17.1. The van der Waals surface area contributed by atoms with E-state index >= 15 is 0 Å². The molecule has 3 aromatic rings. The first-order valence-corrected chi connectivity index (χ1v) is 14.3. The van der Waals surface area contributed by atoms with Gasteiger partial charge in [-0.3, -0.25) is 9.59 Å². The number of aryl methyl sites for hydroxylation is 1. The van der Waals surface area contributed by atoms with Crippen molar-refractivity contribution < 1.29 is 14.3 Å². The van der Waals surface area contributed by atoms with Crippen LogP contribution in [0.4, 0.5) is 0 Å². The van der Waals surface area contributed by atoms with Crippen LogP contribution in [0.2, 0.25) is 5.02 Å². The maximum absolute atomic E-state index is 11.9. The molecule has 40 heavy (non-hydrogen) atoms. The molecule has 2 saturated heterocycles. The first-order valence-electron chi connectivity index (χ1n) is 13.9. The fraction of sp³-hybridized carbons (Fsp3) is 0.433. The average molecular weight is 565 g/mol. The van der Waals surface area contributed by atoms with Crippen LogP contribution in [0.3, 0.4) is 0 Å². The number of nitrogens with one attached hydrogen (secondary N) is 3. The Morgan fingerprint density at radius 2 is 2.00 bits per heavy atom. The van der Waals surface area contributed by atoms with Gasteiger partial charge in [0.05, 0.1) is 17.8 Å². The molecule has 5 rings (SSSR count). The number of amides is 2. The molecule has 1 atom stereocenters. The zero-order chi connectivity index (χ0) is 28.1. The topological polar surface area (TPSA) is 101 Å². The number of methoxy groups -OCH3 is 1. The Hall–Kier alpha value is -3.40. The van der Waals surface area contributed by atoms with Gasteiger partial charge in [-0.1, -0.05) is 17.7 Å². The van der Waals surface area contributed by atoms with E-state index in [1.807, 2.05) is 35.2 Å². The molecule has 2 amide bonds. The molecule has 0 bridgehead atoms. The molecule has 2 aromatic heterocycles. The fourth-order valence-corrected chi connectivity index (χ4v) is 5.67. The summed E-state index contributed by atoms with van der Waals surface area (Å²) in [7, 11) is 1.62. The third-order valence-electron chi connectivity index (χ3n) is 7.67. The third kappa shape index (κ3) is 6.49. The second-order valence-electron chi connectivity index (χ2n) is 10.4. The molecule has 0 unspecified atom stereocenters. The highest BCUT2D eigenvalue weighted by Crippen LogP contribution is 2.31. The highest BCUT2D eigenvalue weighted by molar-refractivity contribution is 6.33. The van der Waals surface area contributed by atoms with Gasteiger partial charge in [-0.15, -0.1) is 0 Å². The number of carbonyl (C=O) groups excluding carboxylic acids is 2. The monoisotopic (exact) mass is 564 g/mol. The van der Waals surface area contributed by atoms with E-state index in [4.69, 9.17) is 21.3 Å². The predicted molar refractivity (Wildman–Crippen MR) is 156 cm³/mol. The molecule has 9 nitrogen and oxygen atoms in total. The Balaban J connectivity index is 1.24. The first kappa shape index (κ1) is 28.1. The molecule has 0 radical (unpaired) electrons. The number of rotatable bonds is 12. The van der Waals surface area contributed by atoms with Crippen molar-refractivity contribution in [2.45, 2.75) is 51.7 Å². The Kier molecular flexibility index (Phi) is 9.04. The van der Waals surface area contributed by atoms with Gasteiger partial charge < -0.3 is 30.2 Å². The van der Waals surface area contributed by atoms with Crippen molar-refractivity contribution in [2.75, 3.05) is 33.3 Å². The summed E-state index contributed by atoms with van der Waals surface area (Å²) in [6, 6.07) is 12.2. The van der Waals surface area contributed by atoms with E-state index in [1.165, 1.54) is 5.56 Å². The van der Waals surface area contributed by atoms with E-state index in [9.17, 15) is 9.59 Å². The summed E-state index contributed by atoms with van der Waals surface area (Å²) in [4.78, 5) is 29.9.